The highest BCUT2D eigenvalue weighted by molar-refractivity contribution is 14.1. The number of nitrogens with one attached hydrogen (secondary N) is 1. The van der Waals surface area contributed by atoms with Gasteiger partial charge in [0.15, 0.2) is 0 Å². The molecule has 7 heteroatoms. The maximum Gasteiger partial charge on any atom is 0.248 e. The van der Waals surface area contributed by atoms with Crippen molar-refractivity contribution < 1.29 is 9.53 Å². The Morgan fingerprint density at radius 2 is 2.16 bits per heavy atom. The number of halogens is 1. The fourth-order valence-electron chi connectivity index (χ4n) is 2.57. The summed E-state index contributed by atoms with van der Waals surface area (Å²) in [6.07, 6.45) is 1.58. The zero-order valence-electron chi connectivity index (χ0n) is 10.6. The average Bonchev–Trinajstić information content (AvgIpc) is 2.70. The van der Waals surface area contributed by atoms with Crippen LogP contribution >= 0.6 is 22.6 Å². The molecule has 0 radical (unpaired) electrons. The molecule has 6 nitrogen and oxygen atoms in total. The summed E-state index contributed by atoms with van der Waals surface area (Å²) >= 11 is 2.20. The molecule has 1 amide bonds. The molecule has 2 fully saturated rings. The standard InChI is InChI=1S/C12H15IN4O2/c1-8-14-9(13)6-10(15-8)17-4-2-12(3-5-17)16-11(18)7-19-12/h6H,2-5,7H2,1H3,(H,16,18). The molecule has 0 saturated carbocycles. The van der Waals surface area contributed by atoms with Crippen molar-refractivity contribution in [3.63, 3.8) is 0 Å². The van der Waals surface area contributed by atoms with Crippen LogP contribution in [0, 0.1) is 10.6 Å². The van der Waals surface area contributed by atoms with Gasteiger partial charge >= 0.3 is 0 Å². The van der Waals surface area contributed by atoms with Crippen LogP contribution in [-0.4, -0.2) is 41.3 Å². The van der Waals surface area contributed by atoms with Gasteiger partial charge in [-0.1, -0.05) is 0 Å². The number of hydrogen-bond donors (Lipinski definition) is 1. The summed E-state index contributed by atoms with van der Waals surface area (Å²) in [5.74, 6) is 1.73. The van der Waals surface area contributed by atoms with E-state index in [1.807, 2.05) is 13.0 Å². The summed E-state index contributed by atoms with van der Waals surface area (Å²) in [5, 5.41) is 2.94. The van der Waals surface area contributed by atoms with E-state index < -0.39 is 5.72 Å². The second-order valence-corrected chi connectivity index (χ2v) is 6.02. The van der Waals surface area contributed by atoms with Crippen molar-refractivity contribution in [3.05, 3.63) is 15.6 Å². The lowest BCUT2D eigenvalue weighted by Gasteiger charge is -2.38. The maximum absolute atomic E-state index is 11.3. The summed E-state index contributed by atoms with van der Waals surface area (Å²) in [6, 6.07) is 1.99. The van der Waals surface area contributed by atoms with Gasteiger partial charge in [-0.25, -0.2) is 9.97 Å². The molecule has 2 aliphatic rings. The van der Waals surface area contributed by atoms with E-state index in [2.05, 4.69) is 42.8 Å². The minimum absolute atomic E-state index is 0.0131. The van der Waals surface area contributed by atoms with E-state index in [4.69, 9.17) is 4.74 Å². The van der Waals surface area contributed by atoms with E-state index in [-0.39, 0.29) is 12.5 Å². The van der Waals surface area contributed by atoms with Gasteiger partial charge in [0.2, 0.25) is 5.91 Å². The van der Waals surface area contributed by atoms with Crippen molar-refractivity contribution in [1.29, 1.82) is 0 Å². The summed E-state index contributed by atoms with van der Waals surface area (Å²) < 4.78 is 6.55. The number of aromatic nitrogens is 2. The highest BCUT2D eigenvalue weighted by Gasteiger charge is 2.41. The molecule has 0 unspecified atom stereocenters. The van der Waals surface area contributed by atoms with Gasteiger partial charge < -0.3 is 15.0 Å². The van der Waals surface area contributed by atoms with Gasteiger partial charge in [0, 0.05) is 32.0 Å². The Morgan fingerprint density at radius 3 is 2.74 bits per heavy atom. The number of rotatable bonds is 1. The molecular weight excluding hydrogens is 359 g/mol. The maximum atomic E-state index is 11.3. The van der Waals surface area contributed by atoms with Crippen LogP contribution < -0.4 is 10.2 Å². The number of ether oxygens (including phenoxy) is 1. The predicted octanol–water partition coefficient (Wildman–Crippen LogP) is 0.833. The fraction of sp³-hybridized carbons (Fsp3) is 0.583. The largest absolute Gasteiger partial charge is 0.356 e. The van der Waals surface area contributed by atoms with E-state index in [0.29, 0.717) is 0 Å². The Bertz CT molecular complexity index is 494. The molecule has 1 aromatic heterocycles. The number of amides is 1. The summed E-state index contributed by atoms with van der Waals surface area (Å²) in [4.78, 5) is 22.3. The normalized spacial score (nSPS) is 21.8. The van der Waals surface area contributed by atoms with Gasteiger partial charge in [0.1, 0.15) is 27.7 Å². The predicted molar refractivity (Wildman–Crippen MR) is 77.8 cm³/mol. The Labute approximate surface area is 125 Å². The van der Waals surface area contributed by atoms with Crippen LogP contribution in [0.1, 0.15) is 18.7 Å². The van der Waals surface area contributed by atoms with Crippen molar-refractivity contribution in [2.75, 3.05) is 24.6 Å². The van der Waals surface area contributed by atoms with Crippen molar-refractivity contribution >= 4 is 34.3 Å². The molecule has 3 rings (SSSR count). The molecule has 19 heavy (non-hydrogen) atoms. The molecule has 0 aliphatic carbocycles. The summed E-state index contributed by atoms with van der Waals surface area (Å²) in [6.45, 7) is 3.74. The molecular formula is C12H15IN4O2. The van der Waals surface area contributed by atoms with Gasteiger partial charge in [-0.05, 0) is 29.5 Å². The first-order valence-corrected chi connectivity index (χ1v) is 7.35. The van der Waals surface area contributed by atoms with Gasteiger partial charge in [-0.3, -0.25) is 4.79 Å². The highest BCUT2D eigenvalue weighted by Crippen LogP contribution is 2.29. The smallest absolute Gasteiger partial charge is 0.248 e. The molecule has 1 N–H and O–H groups in total. The van der Waals surface area contributed by atoms with E-state index in [9.17, 15) is 4.79 Å². The second-order valence-electron chi connectivity index (χ2n) is 4.91. The highest BCUT2D eigenvalue weighted by atomic mass is 127. The van der Waals surface area contributed by atoms with E-state index in [0.717, 1.165) is 41.3 Å². The molecule has 0 bridgehead atoms. The summed E-state index contributed by atoms with van der Waals surface area (Å²) in [5.41, 5.74) is -0.442. The van der Waals surface area contributed by atoms with Crippen LogP contribution in [0.2, 0.25) is 0 Å². The monoisotopic (exact) mass is 374 g/mol. The first kappa shape index (κ1) is 13.0. The van der Waals surface area contributed by atoms with Crippen molar-refractivity contribution in [3.8, 4) is 0 Å². The van der Waals surface area contributed by atoms with Gasteiger partial charge in [0.05, 0.1) is 0 Å². The van der Waals surface area contributed by atoms with Crippen LogP contribution in [0.4, 0.5) is 5.82 Å². The number of nitrogens with zero attached hydrogens (tertiary/aromatic N) is 3. The Hall–Kier alpha value is -0.960. The SMILES string of the molecule is Cc1nc(I)cc(N2CCC3(CC2)NC(=O)CO3)n1. The minimum Gasteiger partial charge on any atom is -0.356 e. The lowest BCUT2D eigenvalue weighted by Crippen LogP contribution is -2.52. The van der Waals surface area contributed by atoms with Gasteiger partial charge in [-0.2, -0.15) is 0 Å². The van der Waals surface area contributed by atoms with Crippen molar-refractivity contribution in [2.24, 2.45) is 0 Å². The third kappa shape index (κ3) is 2.66. The number of piperidine rings is 1. The lowest BCUT2D eigenvalue weighted by atomic mass is 10.0. The van der Waals surface area contributed by atoms with E-state index >= 15 is 0 Å². The topological polar surface area (TPSA) is 67.4 Å². The zero-order chi connectivity index (χ0) is 13.5. The number of carbonyl (C=O) groups excluding carboxylic acids is 1. The number of anilines is 1. The molecule has 0 atom stereocenters. The Kier molecular flexibility index (Phi) is 3.34. The molecule has 0 aromatic carbocycles. The first-order chi connectivity index (χ1) is 9.06. The lowest BCUT2D eigenvalue weighted by molar-refractivity contribution is -0.119. The van der Waals surface area contributed by atoms with Crippen molar-refractivity contribution in [1.82, 2.24) is 15.3 Å². The third-order valence-electron chi connectivity index (χ3n) is 3.54. The number of aryl methyl sites for hydroxylation is 1. The van der Waals surface area contributed by atoms with Gasteiger partial charge in [0.25, 0.3) is 0 Å². The molecule has 1 aromatic rings. The molecule has 1 spiro atoms. The van der Waals surface area contributed by atoms with Crippen LogP contribution in [0.3, 0.4) is 0 Å². The van der Waals surface area contributed by atoms with E-state index in [1.54, 1.807) is 0 Å². The molecule has 3 heterocycles. The Morgan fingerprint density at radius 1 is 1.42 bits per heavy atom. The first-order valence-electron chi connectivity index (χ1n) is 6.27. The van der Waals surface area contributed by atoms with Crippen LogP contribution in [-0.2, 0) is 9.53 Å². The van der Waals surface area contributed by atoms with Gasteiger partial charge in [-0.15, -0.1) is 0 Å². The molecule has 2 aliphatic heterocycles. The molecule has 2 saturated heterocycles. The second kappa shape index (κ2) is 4.86. The zero-order valence-corrected chi connectivity index (χ0v) is 12.8. The third-order valence-corrected chi connectivity index (χ3v) is 4.09. The van der Waals surface area contributed by atoms with Crippen LogP contribution in [0.15, 0.2) is 6.07 Å². The summed E-state index contributed by atoms with van der Waals surface area (Å²) in [7, 11) is 0. The van der Waals surface area contributed by atoms with Crippen LogP contribution in [0.25, 0.3) is 0 Å². The Balaban J connectivity index is 1.71. The van der Waals surface area contributed by atoms with E-state index in [1.165, 1.54) is 0 Å². The van der Waals surface area contributed by atoms with Crippen LogP contribution in [0.5, 0.6) is 0 Å². The number of hydrogen-bond acceptors (Lipinski definition) is 5. The quantitative estimate of drug-likeness (QED) is 0.583. The number of carbonyl (C=O) groups is 1. The minimum atomic E-state index is -0.442. The molecule has 102 valence electrons. The fourth-order valence-corrected chi connectivity index (χ4v) is 3.20. The van der Waals surface area contributed by atoms with Crippen molar-refractivity contribution in [2.45, 2.75) is 25.5 Å². The average molecular weight is 374 g/mol.